The van der Waals surface area contributed by atoms with E-state index in [-0.39, 0.29) is 11.7 Å². The highest BCUT2D eigenvalue weighted by molar-refractivity contribution is 6.34. The zero-order valence-electron chi connectivity index (χ0n) is 9.98. The van der Waals surface area contributed by atoms with Gasteiger partial charge in [0.25, 0.3) is 0 Å². The summed E-state index contributed by atoms with van der Waals surface area (Å²) in [6.45, 7) is 3.97. The molecule has 1 aromatic heterocycles. The van der Waals surface area contributed by atoms with Gasteiger partial charge < -0.3 is 5.11 Å². The average molecular weight is 283 g/mol. The predicted molar refractivity (Wildman–Crippen MR) is 73.2 cm³/mol. The van der Waals surface area contributed by atoms with E-state index in [1.807, 2.05) is 13.8 Å². The van der Waals surface area contributed by atoms with Gasteiger partial charge in [0.15, 0.2) is 5.82 Å². The molecule has 0 spiro atoms. The van der Waals surface area contributed by atoms with Crippen LogP contribution in [-0.4, -0.2) is 15.1 Å². The first kappa shape index (κ1) is 13.1. The van der Waals surface area contributed by atoms with E-state index in [2.05, 4.69) is 9.97 Å². The van der Waals surface area contributed by atoms with E-state index in [0.29, 0.717) is 16.1 Å². The van der Waals surface area contributed by atoms with Gasteiger partial charge >= 0.3 is 0 Å². The predicted octanol–water partition coefficient (Wildman–Crippen LogP) is 4.28. The van der Waals surface area contributed by atoms with Crippen LogP contribution in [0.15, 0.2) is 24.3 Å². The largest absolute Gasteiger partial charge is 0.508 e. The summed E-state index contributed by atoms with van der Waals surface area (Å²) in [5, 5.41) is 9.97. The fourth-order valence-corrected chi connectivity index (χ4v) is 2.46. The minimum absolute atomic E-state index is 0.166. The Labute approximate surface area is 115 Å². The third kappa shape index (κ3) is 2.57. The maximum Gasteiger partial charge on any atom is 0.162 e. The van der Waals surface area contributed by atoms with Crippen molar-refractivity contribution >= 4 is 23.2 Å². The summed E-state index contributed by atoms with van der Waals surface area (Å²) in [6, 6.07) is 6.56. The van der Waals surface area contributed by atoms with Gasteiger partial charge in [-0.15, -0.1) is 0 Å². The molecular formula is C13H12Cl2N2O. The summed E-state index contributed by atoms with van der Waals surface area (Å²) in [4.78, 5) is 8.49. The summed E-state index contributed by atoms with van der Waals surface area (Å²) >= 11 is 12.3. The molecule has 94 valence electrons. The molecular weight excluding hydrogens is 271 g/mol. The smallest absolute Gasteiger partial charge is 0.162 e. The Morgan fingerprint density at radius 2 is 1.50 bits per heavy atom. The van der Waals surface area contributed by atoms with Gasteiger partial charge in [0, 0.05) is 11.1 Å². The molecule has 3 nitrogen and oxygen atoms in total. The first-order valence-corrected chi connectivity index (χ1v) is 6.27. The minimum Gasteiger partial charge on any atom is -0.508 e. The van der Waals surface area contributed by atoms with Crippen molar-refractivity contribution in [3.63, 3.8) is 0 Å². The number of benzene rings is 1. The van der Waals surface area contributed by atoms with E-state index < -0.39 is 0 Å². The SMILES string of the molecule is CC(C)c1c(Cl)nc(-c2ccc(O)cc2)nc1Cl. The molecule has 1 N–H and O–H groups in total. The van der Waals surface area contributed by atoms with Crippen molar-refractivity contribution in [2.45, 2.75) is 19.8 Å². The lowest BCUT2D eigenvalue weighted by atomic mass is 10.1. The third-order valence-electron chi connectivity index (χ3n) is 2.56. The second-order valence-corrected chi connectivity index (χ2v) is 4.96. The molecule has 0 aliphatic heterocycles. The van der Waals surface area contributed by atoms with Crippen molar-refractivity contribution in [3.8, 4) is 17.1 Å². The fourth-order valence-electron chi connectivity index (χ4n) is 1.63. The van der Waals surface area contributed by atoms with Crippen LogP contribution in [0.25, 0.3) is 11.4 Å². The number of rotatable bonds is 2. The van der Waals surface area contributed by atoms with Crippen LogP contribution < -0.4 is 0 Å². The summed E-state index contributed by atoms with van der Waals surface area (Å²) < 4.78 is 0. The summed E-state index contributed by atoms with van der Waals surface area (Å²) in [6.07, 6.45) is 0. The first-order chi connectivity index (χ1) is 8.49. The molecule has 0 aliphatic rings. The maximum atomic E-state index is 9.24. The number of aromatic hydroxyl groups is 1. The average Bonchev–Trinajstić information content (AvgIpc) is 2.28. The molecule has 2 rings (SSSR count). The molecule has 2 aromatic rings. The van der Waals surface area contributed by atoms with Crippen LogP contribution in [-0.2, 0) is 0 Å². The lowest BCUT2D eigenvalue weighted by Crippen LogP contribution is -1.99. The van der Waals surface area contributed by atoms with Crippen LogP contribution in [0.1, 0.15) is 25.3 Å². The number of hydrogen-bond donors (Lipinski definition) is 1. The quantitative estimate of drug-likeness (QED) is 0.837. The van der Waals surface area contributed by atoms with Gasteiger partial charge in [-0.2, -0.15) is 0 Å². The minimum atomic E-state index is 0.166. The zero-order valence-corrected chi connectivity index (χ0v) is 11.5. The van der Waals surface area contributed by atoms with Crippen molar-refractivity contribution in [3.05, 3.63) is 40.1 Å². The van der Waals surface area contributed by atoms with E-state index in [4.69, 9.17) is 23.2 Å². The molecule has 18 heavy (non-hydrogen) atoms. The Hall–Kier alpha value is -1.32. The Morgan fingerprint density at radius 3 is 1.94 bits per heavy atom. The molecule has 5 heteroatoms. The van der Waals surface area contributed by atoms with Gasteiger partial charge in [0.2, 0.25) is 0 Å². The van der Waals surface area contributed by atoms with Gasteiger partial charge in [-0.05, 0) is 30.2 Å². The van der Waals surface area contributed by atoms with Crippen LogP contribution >= 0.6 is 23.2 Å². The van der Waals surface area contributed by atoms with E-state index in [1.54, 1.807) is 24.3 Å². The summed E-state index contributed by atoms with van der Waals surface area (Å²) in [7, 11) is 0. The number of hydrogen-bond acceptors (Lipinski definition) is 3. The van der Waals surface area contributed by atoms with Crippen molar-refractivity contribution < 1.29 is 5.11 Å². The van der Waals surface area contributed by atoms with Crippen molar-refractivity contribution in [1.29, 1.82) is 0 Å². The van der Waals surface area contributed by atoms with Crippen LogP contribution in [0.4, 0.5) is 0 Å². The molecule has 0 atom stereocenters. The van der Waals surface area contributed by atoms with Crippen molar-refractivity contribution in [1.82, 2.24) is 9.97 Å². The molecule has 0 fully saturated rings. The standard InChI is InChI=1S/C13H12Cl2N2O/c1-7(2)10-11(14)16-13(17-12(10)15)8-3-5-9(18)6-4-8/h3-7,18H,1-2H3. The lowest BCUT2D eigenvalue weighted by Gasteiger charge is -2.10. The van der Waals surface area contributed by atoms with Gasteiger partial charge in [0.1, 0.15) is 16.1 Å². The van der Waals surface area contributed by atoms with E-state index in [1.165, 1.54) is 0 Å². The Balaban J connectivity index is 2.51. The Kier molecular flexibility index (Phi) is 3.73. The van der Waals surface area contributed by atoms with Gasteiger partial charge in [0.05, 0.1) is 0 Å². The molecule has 1 heterocycles. The van der Waals surface area contributed by atoms with Crippen molar-refractivity contribution in [2.75, 3.05) is 0 Å². The Bertz CT molecular complexity index is 545. The van der Waals surface area contributed by atoms with E-state index in [0.717, 1.165) is 11.1 Å². The second-order valence-electron chi connectivity index (χ2n) is 4.24. The van der Waals surface area contributed by atoms with E-state index >= 15 is 0 Å². The number of aromatic nitrogens is 2. The van der Waals surface area contributed by atoms with Crippen LogP contribution in [0.2, 0.25) is 10.3 Å². The first-order valence-electron chi connectivity index (χ1n) is 5.51. The third-order valence-corrected chi connectivity index (χ3v) is 3.13. The zero-order chi connectivity index (χ0) is 13.3. The molecule has 0 bridgehead atoms. The molecule has 0 saturated heterocycles. The van der Waals surface area contributed by atoms with Crippen LogP contribution in [0.5, 0.6) is 5.75 Å². The van der Waals surface area contributed by atoms with Gasteiger partial charge in [-0.3, -0.25) is 0 Å². The van der Waals surface area contributed by atoms with Gasteiger partial charge in [-0.25, -0.2) is 9.97 Å². The highest BCUT2D eigenvalue weighted by Crippen LogP contribution is 2.31. The molecule has 0 radical (unpaired) electrons. The number of nitrogens with zero attached hydrogens (tertiary/aromatic N) is 2. The number of phenols is 1. The monoisotopic (exact) mass is 282 g/mol. The maximum absolute atomic E-state index is 9.24. The van der Waals surface area contributed by atoms with Crippen LogP contribution in [0, 0.1) is 0 Å². The lowest BCUT2D eigenvalue weighted by molar-refractivity contribution is 0.475. The molecule has 0 aliphatic carbocycles. The topological polar surface area (TPSA) is 46.0 Å². The molecule has 0 saturated carbocycles. The summed E-state index contributed by atoms with van der Waals surface area (Å²) in [5.41, 5.74) is 1.51. The molecule has 1 aromatic carbocycles. The van der Waals surface area contributed by atoms with Crippen molar-refractivity contribution in [2.24, 2.45) is 0 Å². The number of halogens is 2. The fraction of sp³-hybridized carbons (Fsp3) is 0.231. The molecule has 0 amide bonds. The second kappa shape index (κ2) is 5.12. The van der Waals surface area contributed by atoms with Crippen LogP contribution in [0.3, 0.4) is 0 Å². The normalized spacial score (nSPS) is 10.9. The molecule has 0 unspecified atom stereocenters. The summed E-state index contributed by atoms with van der Waals surface area (Å²) in [5.74, 6) is 0.808. The van der Waals surface area contributed by atoms with E-state index in [9.17, 15) is 5.11 Å². The Morgan fingerprint density at radius 1 is 1.00 bits per heavy atom. The van der Waals surface area contributed by atoms with Gasteiger partial charge in [-0.1, -0.05) is 37.0 Å². The highest BCUT2D eigenvalue weighted by atomic mass is 35.5. The number of phenolic OH excluding ortho intramolecular Hbond substituents is 1. The highest BCUT2D eigenvalue weighted by Gasteiger charge is 2.15.